The Labute approximate surface area is 140 Å². The summed E-state index contributed by atoms with van der Waals surface area (Å²) < 4.78 is 1.67. The molecule has 23 heavy (non-hydrogen) atoms. The van der Waals surface area contributed by atoms with Gasteiger partial charge in [-0.1, -0.05) is 70.2 Å². The second-order valence-electron chi connectivity index (χ2n) is 7.09. The van der Waals surface area contributed by atoms with Crippen LogP contribution in [0.5, 0.6) is 0 Å². The monoisotopic (exact) mass is 327 g/mol. The lowest BCUT2D eigenvalue weighted by atomic mass is 9.98. The zero-order valence-corrected chi connectivity index (χ0v) is 14.9. The highest BCUT2D eigenvalue weighted by Gasteiger charge is 2.23. The third-order valence-electron chi connectivity index (χ3n) is 3.84. The first-order valence-corrected chi connectivity index (χ1v) is 8.58. The van der Waals surface area contributed by atoms with Crippen LogP contribution < -0.4 is 0 Å². The standard InChI is InChI=1S/C18H21N3OS/c1-11(2)12-6-8-13(9-7-12)15-14(10-22)21-17(19-15)23-16(20-21)18(3,4)5/h6-11H,1-5H3. The molecule has 2 heterocycles. The van der Waals surface area contributed by atoms with Crippen molar-refractivity contribution in [3.63, 3.8) is 0 Å². The molecule has 0 unspecified atom stereocenters. The Hall–Kier alpha value is -2.01. The summed E-state index contributed by atoms with van der Waals surface area (Å²) in [6.07, 6.45) is 0.845. The van der Waals surface area contributed by atoms with Crippen molar-refractivity contribution in [1.82, 2.24) is 14.6 Å². The number of benzene rings is 1. The van der Waals surface area contributed by atoms with Crippen molar-refractivity contribution in [3.05, 3.63) is 40.5 Å². The summed E-state index contributed by atoms with van der Waals surface area (Å²) in [5.74, 6) is 0.482. The number of rotatable bonds is 3. The lowest BCUT2D eigenvalue weighted by Crippen LogP contribution is -2.11. The van der Waals surface area contributed by atoms with Crippen molar-refractivity contribution < 1.29 is 4.79 Å². The third kappa shape index (κ3) is 2.81. The van der Waals surface area contributed by atoms with E-state index in [4.69, 9.17) is 0 Å². The zero-order chi connectivity index (χ0) is 16.8. The van der Waals surface area contributed by atoms with E-state index in [0.717, 1.165) is 21.8 Å². The number of nitrogens with zero attached hydrogens (tertiary/aromatic N) is 3. The van der Waals surface area contributed by atoms with E-state index in [1.807, 2.05) is 12.1 Å². The van der Waals surface area contributed by atoms with Crippen molar-refractivity contribution in [3.8, 4) is 11.3 Å². The van der Waals surface area contributed by atoms with Gasteiger partial charge in [-0.05, 0) is 11.5 Å². The minimum Gasteiger partial charge on any atom is -0.296 e. The lowest BCUT2D eigenvalue weighted by molar-refractivity contribution is 0.111. The zero-order valence-electron chi connectivity index (χ0n) is 14.1. The molecule has 120 valence electrons. The van der Waals surface area contributed by atoms with Gasteiger partial charge in [0.05, 0.1) is 0 Å². The molecule has 0 fully saturated rings. The molecular formula is C18H21N3OS. The van der Waals surface area contributed by atoms with Crippen LogP contribution in [0.15, 0.2) is 24.3 Å². The largest absolute Gasteiger partial charge is 0.296 e. The molecule has 0 aliphatic carbocycles. The molecule has 3 aromatic rings. The Balaban J connectivity index is 2.11. The Kier molecular flexibility index (Phi) is 3.84. The van der Waals surface area contributed by atoms with E-state index in [1.165, 1.54) is 16.9 Å². The molecule has 0 aliphatic heterocycles. The summed E-state index contributed by atoms with van der Waals surface area (Å²) >= 11 is 1.54. The van der Waals surface area contributed by atoms with E-state index in [0.29, 0.717) is 17.3 Å². The normalized spacial score (nSPS) is 12.3. The summed E-state index contributed by atoms with van der Waals surface area (Å²) in [4.78, 5) is 17.0. The Morgan fingerprint density at radius 2 is 1.83 bits per heavy atom. The number of hydrogen-bond acceptors (Lipinski definition) is 4. The molecule has 0 aliphatic rings. The molecule has 0 N–H and O–H groups in total. The summed E-state index contributed by atoms with van der Waals surface area (Å²) in [5.41, 5.74) is 3.39. The molecule has 0 radical (unpaired) electrons. The van der Waals surface area contributed by atoms with Gasteiger partial charge in [-0.2, -0.15) is 9.61 Å². The summed E-state index contributed by atoms with van der Waals surface area (Å²) in [6, 6.07) is 8.24. The minimum absolute atomic E-state index is 0.0510. The molecule has 0 atom stereocenters. The molecule has 5 heteroatoms. The number of carbonyl (C=O) groups excluding carboxylic acids is 1. The molecule has 1 aromatic carbocycles. The fourth-order valence-electron chi connectivity index (χ4n) is 2.41. The maximum Gasteiger partial charge on any atom is 0.213 e. The third-order valence-corrected chi connectivity index (χ3v) is 5.18. The van der Waals surface area contributed by atoms with E-state index in [-0.39, 0.29) is 5.41 Å². The van der Waals surface area contributed by atoms with Crippen LogP contribution >= 0.6 is 11.3 Å². The van der Waals surface area contributed by atoms with Crippen LogP contribution in [-0.2, 0) is 5.41 Å². The summed E-state index contributed by atoms with van der Waals surface area (Å²) in [7, 11) is 0. The van der Waals surface area contributed by atoms with Crippen LogP contribution in [0.1, 0.15) is 61.6 Å². The molecule has 0 saturated heterocycles. The second-order valence-corrected chi connectivity index (χ2v) is 8.05. The van der Waals surface area contributed by atoms with Crippen LogP contribution in [0.4, 0.5) is 0 Å². The van der Waals surface area contributed by atoms with E-state index in [2.05, 4.69) is 56.8 Å². The van der Waals surface area contributed by atoms with Gasteiger partial charge in [0.15, 0.2) is 6.29 Å². The number of aldehydes is 1. The van der Waals surface area contributed by atoms with Crippen molar-refractivity contribution in [1.29, 1.82) is 0 Å². The Morgan fingerprint density at radius 3 is 2.35 bits per heavy atom. The fourth-order valence-corrected chi connectivity index (χ4v) is 3.38. The average Bonchev–Trinajstić information content (AvgIpc) is 3.04. The van der Waals surface area contributed by atoms with Gasteiger partial charge in [0, 0.05) is 11.0 Å². The predicted octanol–water partition coefficient (Wildman–Crippen LogP) is 4.69. The first-order chi connectivity index (χ1) is 10.8. The first-order valence-electron chi connectivity index (χ1n) is 7.77. The van der Waals surface area contributed by atoms with Gasteiger partial charge in [0.25, 0.3) is 0 Å². The molecule has 0 saturated carbocycles. The maximum absolute atomic E-state index is 11.6. The van der Waals surface area contributed by atoms with Gasteiger partial charge in [0.1, 0.15) is 16.4 Å². The van der Waals surface area contributed by atoms with Gasteiger partial charge in [-0.3, -0.25) is 4.79 Å². The molecule has 0 spiro atoms. The highest BCUT2D eigenvalue weighted by atomic mass is 32.1. The van der Waals surface area contributed by atoms with Crippen LogP contribution in [-0.4, -0.2) is 20.9 Å². The number of fused-ring (bicyclic) bond motifs is 1. The number of carbonyl (C=O) groups is 1. The Bertz CT molecular complexity index is 851. The smallest absolute Gasteiger partial charge is 0.213 e. The van der Waals surface area contributed by atoms with E-state index >= 15 is 0 Å². The van der Waals surface area contributed by atoms with E-state index in [9.17, 15) is 4.79 Å². The van der Waals surface area contributed by atoms with Crippen LogP contribution in [0.25, 0.3) is 16.2 Å². The van der Waals surface area contributed by atoms with Crippen molar-refractivity contribution in [2.45, 2.75) is 46.0 Å². The van der Waals surface area contributed by atoms with Crippen molar-refractivity contribution in [2.75, 3.05) is 0 Å². The molecule has 0 amide bonds. The van der Waals surface area contributed by atoms with Crippen LogP contribution in [0.3, 0.4) is 0 Å². The molecule has 3 rings (SSSR count). The summed E-state index contributed by atoms with van der Waals surface area (Å²) in [6.45, 7) is 10.7. The van der Waals surface area contributed by atoms with Gasteiger partial charge in [-0.25, -0.2) is 4.98 Å². The predicted molar refractivity (Wildman–Crippen MR) is 94.5 cm³/mol. The molecular weight excluding hydrogens is 306 g/mol. The second kappa shape index (κ2) is 5.57. The number of imidazole rings is 1. The molecule has 0 bridgehead atoms. The van der Waals surface area contributed by atoms with Crippen molar-refractivity contribution in [2.24, 2.45) is 0 Å². The maximum atomic E-state index is 11.6. The topological polar surface area (TPSA) is 47.3 Å². The Morgan fingerprint density at radius 1 is 1.17 bits per heavy atom. The van der Waals surface area contributed by atoms with E-state index in [1.54, 1.807) is 4.52 Å². The SMILES string of the molecule is CC(C)c1ccc(-c2nc3sc(C(C)(C)C)nn3c2C=O)cc1. The molecule has 4 nitrogen and oxygen atoms in total. The summed E-state index contributed by atoms with van der Waals surface area (Å²) in [5, 5.41) is 5.56. The molecule has 2 aromatic heterocycles. The quantitative estimate of drug-likeness (QED) is 0.656. The van der Waals surface area contributed by atoms with Crippen LogP contribution in [0, 0.1) is 0 Å². The lowest BCUT2D eigenvalue weighted by Gasteiger charge is -2.12. The number of hydrogen-bond donors (Lipinski definition) is 0. The fraction of sp³-hybridized carbons (Fsp3) is 0.389. The first kappa shape index (κ1) is 15.9. The average molecular weight is 327 g/mol. The van der Waals surface area contributed by atoms with Gasteiger partial charge in [0.2, 0.25) is 4.96 Å². The van der Waals surface area contributed by atoms with Crippen molar-refractivity contribution >= 4 is 22.6 Å². The number of aromatic nitrogens is 3. The minimum atomic E-state index is -0.0510. The van der Waals surface area contributed by atoms with Gasteiger partial charge < -0.3 is 0 Å². The highest BCUT2D eigenvalue weighted by molar-refractivity contribution is 7.16. The highest BCUT2D eigenvalue weighted by Crippen LogP contribution is 2.31. The van der Waals surface area contributed by atoms with Gasteiger partial charge in [-0.15, -0.1) is 0 Å². The van der Waals surface area contributed by atoms with Gasteiger partial charge >= 0.3 is 0 Å². The van der Waals surface area contributed by atoms with Crippen LogP contribution in [0.2, 0.25) is 0 Å². The van der Waals surface area contributed by atoms with E-state index < -0.39 is 0 Å².